The molecule has 0 unspecified atom stereocenters. The number of rotatable bonds is 6. The first-order valence-corrected chi connectivity index (χ1v) is 9.91. The average Bonchev–Trinajstić information content (AvgIpc) is 3.16. The van der Waals surface area contributed by atoms with Crippen LogP contribution in [-0.4, -0.2) is 54.8 Å². The summed E-state index contributed by atoms with van der Waals surface area (Å²) in [5.74, 6) is -0.200. The molecule has 0 saturated carbocycles. The molecule has 0 bridgehead atoms. The molecule has 1 saturated heterocycles. The summed E-state index contributed by atoms with van der Waals surface area (Å²) in [5.41, 5.74) is 1.80. The highest BCUT2D eigenvalue weighted by Gasteiger charge is 2.30. The molecule has 3 heterocycles. The third-order valence-electron chi connectivity index (χ3n) is 4.85. The van der Waals surface area contributed by atoms with Crippen molar-refractivity contribution in [2.24, 2.45) is 5.92 Å². The van der Waals surface area contributed by atoms with Gasteiger partial charge in [-0.25, -0.2) is 0 Å². The van der Waals surface area contributed by atoms with Gasteiger partial charge in [0.15, 0.2) is 0 Å². The number of carbonyl (C=O) groups excluding carboxylic acids is 2. The topological polar surface area (TPSA) is 60.8 Å². The van der Waals surface area contributed by atoms with E-state index in [2.05, 4.69) is 17.6 Å². The van der Waals surface area contributed by atoms with Gasteiger partial charge in [-0.3, -0.25) is 9.59 Å². The van der Waals surface area contributed by atoms with Crippen LogP contribution in [0.25, 0.3) is 10.2 Å². The highest BCUT2D eigenvalue weighted by Crippen LogP contribution is 2.30. The number of nitrogens with zero attached hydrogens (tertiary/aromatic N) is 2. The standard InChI is InChI=1S/C19H26N2O4S/c1-4-25-19(23)14-5-7-20(8-6-14)18(22)16-12-17-15(11-13(2)26-17)21(16)9-10-24-3/h11-12,14H,4-10H2,1-3H3. The minimum Gasteiger partial charge on any atom is -0.466 e. The SMILES string of the molecule is CCOC(=O)C1CCN(C(=O)c2cc3sc(C)cc3n2CCOC)CC1. The number of amides is 1. The summed E-state index contributed by atoms with van der Waals surface area (Å²) in [6.07, 6.45) is 1.33. The molecule has 1 aliphatic rings. The van der Waals surface area contributed by atoms with Crippen LogP contribution < -0.4 is 0 Å². The van der Waals surface area contributed by atoms with Gasteiger partial charge in [-0.15, -0.1) is 11.3 Å². The zero-order valence-corrected chi connectivity index (χ0v) is 16.4. The van der Waals surface area contributed by atoms with Gasteiger partial charge in [0.05, 0.1) is 29.3 Å². The van der Waals surface area contributed by atoms with Crippen molar-refractivity contribution in [2.75, 3.05) is 33.4 Å². The maximum atomic E-state index is 13.1. The number of ether oxygens (including phenoxy) is 2. The van der Waals surface area contributed by atoms with Crippen LogP contribution in [0.3, 0.4) is 0 Å². The second-order valence-electron chi connectivity index (χ2n) is 6.60. The number of likely N-dealkylation sites (tertiary alicyclic amines) is 1. The predicted octanol–water partition coefficient (Wildman–Crippen LogP) is 3.07. The Labute approximate surface area is 157 Å². The van der Waals surface area contributed by atoms with Gasteiger partial charge in [-0.05, 0) is 38.8 Å². The van der Waals surface area contributed by atoms with Gasteiger partial charge in [0.2, 0.25) is 0 Å². The van der Waals surface area contributed by atoms with Crippen molar-refractivity contribution in [3.8, 4) is 0 Å². The van der Waals surface area contributed by atoms with E-state index in [-0.39, 0.29) is 17.8 Å². The van der Waals surface area contributed by atoms with E-state index in [1.165, 1.54) is 4.88 Å². The molecule has 1 fully saturated rings. The first-order chi connectivity index (χ1) is 12.5. The summed E-state index contributed by atoms with van der Waals surface area (Å²) in [7, 11) is 1.67. The molecular weight excluding hydrogens is 352 g/mol. The lowest BCUT2D eigenvalue weighted by Crippen LogP contribution is -2.41. The fourth-order valence-corrected chi connectivity index (χ4v) is 4.47. The number of fused-ring (bicyclic) bond motifs is 1. The van der Waals surface area contributed by atoms with Crippen LogP contribution in [0.1, 0.15) is 35.1 Å². The molecule has 2 aromatic heterocycles. The Morgan fingerprint density at radius 2 is 2.00 bits per heavy atom. The molecule has 0 aromatic carbocycles. The number of carbonyl (C=O) groups is 2. The Balaban J connectivity index is 1.75. The van der Waals surface area contributed by atoms with E-state index in [9.17, 15) is 9.59 Å². The Kier molecular flexibility index (Phi) is 5.98. The van der Waals surface area contributed by atoms with E-state index in [0.717, 1.165) is 10.2 Å². The molecule has 1 aliphatic heterocycles. The first-order valence-electron chi connectivity index (χ1n) is 9.09. The van der Waals surface area contributed by atoms with Crippen molar-refractivity contribution in [3.63, 3.8) is 0 Å². The zero-order chi connectivity index (χ0) is 18.7. The van der Waals surface area contributed by atoms with Gasteiger partial charge < -0.3 is 18.9 Å². The average molecular weight is 378 g/mol. The van der Waals surface area contributed by atoms with Crippen LogP contribution in [0.5, 0.6) is 0 Å². The second-order valence-corrected chi connectivity index (χ2v) is 7.89. The van der Waals surface area contributed by atoms with Gasteiger partial charge >= 0.3 is 5.97 Å². The van der Waals surface area contributed by atoms with Crippen molar-refractivity contribution >= 4 is 33.4 Å². The highest BCUT2D eigenvalue weighted by atomic mass is 32.1. The van der Waals surface area contributed by atoms with Crippen molar-refractivity contribution in [3.05, 3.63) is 22.7 Å². The van der Waals surface area contributed by atoms with Gasteiger partial charge in [0.1, 0.15) is 5.69 Å². The fraction of sp³-hybridized carbons (Fsp3) is 0.579. The van der Waals surface area contributed by atoms with E-state index < -0.39 is 0 Å². The number of hydrogen-bond acceptors (Lipinski definition) is 5. The number of esters is 1. The van der Waals surface area contributed by atoms with Gasteiger partial charge in [0, 0.05) is 31.6 Å². The molecule has 142 valence electrons. The third-order valence-corrected chi connectivity index (χ3v) is 5.84. The summed E-state index contributed by atoms with van der Waals surface area (Å²) in [6, 6.07) is 4.11. The highest BCUT2D eigenvalue weighted by molar-refractivity contribution is 7.19. The Hall–Kier alpha value is -1.86. The number of aromatic nitrogens is 1. The van der Waals surface area contributed by atoms with E-state index in [1.807, 2.05) is 17.9 Å². The van der Waals surface area contributed by atoms with Crippen molar-refractivity contribution < 1.29 is 19.1 Å². The van der Waals surface area contributed by atoms with Crippen LogP contribution in [-0.2, 0) is 20.8 Å². The molecule has 0 atom stereocenters. The van der Waals surface area contributed by atoms with E-state index >= 15 is 0 Å². The normalized spacial score (nSPS) is 15.6. The van der Waals surface area contributed by atoms with Crippen LogP contribution >= 0.6 is 11.3 Å². The largest absolute Gasteiger partial charge is 0.466 e. The van der Waals surface area contributed by atoms with Gasteiger partial charge in [-0.1, -0.05) is 0 Å². The smallest absolute Gasteiger partial charge is 0.309 e. The zero-order valence-electron chi connectivity index (χ0n) is 15.6. The number of piperidine rings is 1. The second kappa shape index (κ2) is 8.22. The molecule has 0 N–H and O–H groups in total. The van der Waals surface area contributed by atoms with Crippen LogP contribution in [0.2, 0.25) is 0 Å². The lowest BCUT2D eigenvalue weighted by atomic mass is 9.97. The van der Waals surface area contributed by atoms with Crippen LogP contribution in [0, 0.1) is 12.8 Å². The lowest BCUT2D eigenvalue weighted by molar-refractivity contribution is -0.149. The predicted molar refractivity (Wildman–Crippen MR) is 102 cm³/mol. The summed E-state index contributed by atoms with van der Waals surface area (Å²) in [4.78, 5) is 28.1. The van der Waals surface area contributed by atoms with E-state index in [1.54, 1.807) is 18.4 Å². The molecule has 26 heavy (non-hydrogen) atoms. The first kappa shape index (κ1) is 18.9. The summed E-state index contributed by atoms with van der Waals surface area (Å²) >= 11 is 1.70. The molecule has 2 aromatic rings. The van der Waals surface area contributed by atoms with Gasteiger partial charge in [0.25, 0.3) is 5.91 Å². The quantitative estimate of drug-likeness (QED) is 0.725. The number of hydrogen-bond donors (Lipinski definition) is 0. The number of thiophene rings is 1. The molecule has 7 heteroatoms. The van der Waals surface area contributed by atoms with E-state index in [4.69, 9.17) is 9.47 Å². The number of methoxy groups -OCH3 is 1. The molecular formula is C19H26N2O4S. The molecule has 6 nitrogen and oxygen atoms in total. The van der Waals surface area contributed by atoms with Crippen LogP contribution in [0.15, 0.2) is 12.1 Å². The lowest BCUT2D eigenvalue weighted by Gasteiger charge is -2.31. The van der Waals surface area contributed by atoms with E-state index in [0.29, 0.717) is 51.4 Å². The summed E-state index contributed by atoms with van der Waals surface area (Å²) < 4.78 is 13.5. The minimum absolute atomic E-state index is 0.0319. The molecule has 0 aliphatic carbocycles. The van der Waals surface area contributed by atoms with Crippen molar-refractivity contribution in [2.45, 2.75) is 33.2 Å². The van der Waals surface area contributed by atoms with Gasteiger partial charge in [-0.2, -0.15) is 0 Å². The molecule has 1 amide bonds. The molecule has 0 radical (unpaired) electrons. The Morgan fingerprint density at radius 3 is 2.65 bits per heavy atom. The monoisotopic (exact) mass is 378 g/mol. The Morgan fingerprint density at radius 1 is 1.27 bits per heavy atom. The third kappa shape index (κ3) is 3.78. The summed E-state index contributed by atoms with van der Waals surface area (Å²) in [5, 5.41) is 0. The minimum atomic E-state index is -0.140. The van der Waals surface area contributed by atoms with Crippen molar-refractivity contribution in [1.29, 1.82) is 0 Å². The Bertz CT molecular complexity index is 787. The van der Waals surface area contributed by atoms with Crippen molar-refractivity contribution in [1.82, 2.24) is 9.47 Å². The fourth-order valence-electron chi connectivity index (χ4n) is 3.51. The maximum absolute atomic E-state index is 13.1. The van der Waals surface area contributed by atoms with Crippen LogP contribution in [0.4, 0.5) is 0 Å². The number of aryl methyl sites for hydroxylation is 1. The molecule has 3 rings (SSSR count). The summed E-state index contributed by atoms with van der Waals surface area (Å²) in [6.45, 7) is 6.68. The molecule has 0 spiro atoms. The maximum Gasteiger partial charge on any atom is 0.309 e.